The number of thiophene rings is 1. The topological polar surface area (TPSA) is 118 Å². The summed E-state index contributed by atoms with van der Waals surface area (Å²) in [6.07, 6.45) is 5.63. The van der Waals surface area contributed by atoms with Gasteiger partial charge in [0.25, 0.3) is 0 Å². The zero-order chi connectivity index (χ0) is 22.5. The number of H-pyrrole nitrogens is 1. The third-order valence-corrected chi connectivity index (χ3v) is 6.14. The highest BCUT2D eigenvalue weighted by Gasteiger charge is 2.18. The minimum atomic E-state index is 0.614. The average Bonchev–Trinajstić information content (AvgIpc) is 3.54. The lowest BCUT2D eigenvalue weighted by Gasteiger charge is -2.14. The van der Waals surface area contributed by atoms with Crippen LogP contribution in [-0.4, -0.2) is 70.1 Å². The van der Waals surface area contributed by atoms with Gasteiger partial charge in [0.2, 0.25) is 0 Å². The molecule has 0 aliphatic carbocycles. The fourth-order valence-electron chi connectivity index (χ4n) is 3.68. The normalized spacial score (nSPS) is 11.8. The van der Waals surface area contributed by atoms with Gasteiger partial charge in [-0.25, -0.2) is 4.68 Å². The van der Waals surface area contributed by atoms with Gasteiger partial charge in [-0.1, -0.05) is 6.07 Å². The Morgan fingerprint density at radius 3 is 2.56 bits per heavy atom. The second kappa shape index (κ2) is 10.2. The molecule has 0 spiro atoms. The van der Waals surface area contributed by atoms with E-state index in [2.05, 4.69) is 44.7 Å². The maximum absolute atomic E-state index is 5.91. The number of hydrogen-bond donors (Lipinski definition) is 3. The van der Waals surface area contributed by atoms with E-state index >= 15 is 0 Å². The molecule has 0 amide bonds. The molecule has 0 aliphatic heterocycles. The van der Waals surface area contributed by atoms with Crippen LogP contribution in [0.2, 0.25) is 0 Å². The van der Waals surface area contributed by atoms with E-state index in [1.165, 1.54) is 0 Å². The summed E-state index contributed by atoms with van der Waals surface area (Å²) in [4.78, 5) is 5.50. The van der Waals surface area contributed by atoms with E-state index in [1.807, 2.05) is 30.1 Å². The van der Waals surface area contributed by atoms with E-state index in [9.17, 15) is 0 Å². The number of nitrogens with two attached hydrogens (primary N) is 2. The van der Waals surface area contributed by atoms with Crippen molar-refractivity contribution in [2.24, 2.45) is 11.5 Å². The first-order valence-corrected chi connectivity index (χ1v) is 11.5. The van der Waals surface area contributed by atoms with E-state index in [1.54, 1.807) is 17.6 Å². The summed E-state index contributed by atoms with van der Waals surface area (Å²) in [5.41, 5.74) is 16.3. The van der Waals surface area contributed by atoms with Gasteiger partial charge in [-0.3, -0.25) is 5.10 Å². The molecule has 0 aliphatic rings. The van der Waals surface area contributed by atoms with Crippen molar-refractivity contribution in [1.29, 1.82) is 0 Å². The second-order valence-electron chi connectivity index (χ2n) is 7.92. The molecule has 32 heavy (non-hydrogen) atoms. The first-order valence-electron chi connectivity index (χ1n) is 10.6. The molecule has 0 unspecified atom stereocenters. The van der Waals surface area contributed by atoms with E-state index in [4.69, 9.17) is 21.0 Å². The predicted octanol–water partition coefficient (Wildman–Crippen LogP) is 2.36. The summed E-state index contributed by atoms with van der Waals surface area (Å²) < 4.78 is 7.78. The van der Waals surface area contributed by atoms with Gasteiger partial charge < -0.3 is 25.7 Å². The molecule has 0 atom stereocenters. The fourth-order valence-corrected chi connectivity index (χ4v) is 4.43. The Balaban J connectivity index is 1.61. The molecule has 5 N–H and O–H groups in total. The molecule has 4 aromatic rings. The van der Waals surface area contributed by atoms with Crippen molar-refractivity contribution in [3.8, 4) is 27.7 Å². The van der Waals surface area contributed by atoms with Crippen molar-refractivity contribution in [3.05, 3.63) is 53.4 Å². The monoisotopic (exact) mass is 454 g/mol. The van der Waals surface area contributed by atoms with Crippen LogP contribution in [0.4, 0.5) is 0 Å². The molecule has 0 saturated heterocycles. The van der Waals surface area contributed by atoms with Crippen molar-refractivity contribution in [2.75, 3.05) is 40.3 Å². The lowest BCUT2D eigenvalue weighted by Crippen LogP contribution is -2.25. The number of rotatable bonds is 11. The van der Waals surface area contributed by atoms with Gasteiger partial charge in [0, 0.05) is 62.7 Å². The number of aromatic amines is 1. The van der Waals surface area contributed by atoms with Gasteiger partial charge in [0.05, 0.1) is 11.1 Å². The average molecular weight is 455 g/mol. The lowest BCUT2D eigenvalue weighted by molar-refractivity contribution is 0.336. The van der Waals surface area contributed by atoms with E-state index < -0.39 is 0 Å². The smallest absolute Gasteiger partial charge is 0.154 e. The number of nitrogens with one attached hydrogen (secondary N) is 1. The van der Waals surface area contributed by atoms with Gasteiger partial charge >= 0.3 is 0 Å². The quantitative estimate of drug-likeness (QED) is 0.318. The molecule has 4 rings (SSSR count). The molecule has 170 valence electrons. The number of furan rings is 1. The maximum atomic E-state index is 5.91. The number of hydrogen-bond acceptors (Lipinski definition) is 8. The van der Waals surface area contributed by atoms with Gasteiger partial charge in [-0.2, -0.15) is 10.2 Å². The van der Waals surface area contributed by atoms with Crippen LogP contribution in [0.5, 0.6) is 0 Å². The molecule has 0 radical (unpaired) electrons. The highest BCUT2D eigenvalue weighted by atomic mass is 32.1. The molecule has 0 aromatic carbocycles. The summed E-state index contributed by atoms with van der Waals surface area (Å²) in [7, 11) is 4.11. The van der Waals surface area contributed by atoms with Gasteiger partial charge in [0.1, 0.15) is 23.3 Å². The predicted molar refractivity (Wildman–Crippen MR) is 128 cm³/mol. The molecular weight excluding hydrogens is 424 g/mol. The first-order chi connectivity index (χ1) is 15.6. The van der Waals surface area contributed by atoms with E-state index in [0.29, 0.717) is 13.1 Å². The van der Waals surface area contributed by atoms with Crippen LogP contribution in [0.1, 0.15) is 11.1 Å². The number of likely N-dealkylation sites (N-methyl/N-ethyl adjacent to an activating group) is 2. The van der Waals surface area contributed by atoms with E-state index in [-0.39, 0.29) is 0 Å². The minimum Gasteiger partial charge on any atom is -0.460 e. The molecule has 4 heterocycles. The van der Waals surface area contributed by atoms with Crippen molar-refractivity contribution < 1.29 is 4.42 Å². The summed E-state index contributed by atoms with van der Waals surface area (Å²) in [5, 5.41) is 14.2. The molecule has 4 aromatic heterocycles. The van der Waals surface area contributed by atoms with Crippen molar-refractivity contribution in [3.63, 3.8) is 0 Å². The van der Waals surface area contributed by atoms with Crippen LogP contribution < -0.4 is 11.5 Å². The zero-order valence-corrected chi connectivity index (χ0v) is 19.3. The molecule has 0 fully saturated rings. The van der Waals surface area contributed by atoms with Crippen LogP contribution in [0, 0.1) is 0 Å². The van der Waals surface area contributed by atoms with Crippen LogP contribution in [0.15, 0.2) is 46.7 Å². The Hall–Kier alpha value is -2.76. The SMILES string of the molecule is CN(CCN)Cc1cn(-c2coc(-c3[nH]ncc3CN(C)CCN)c2)nc1-c1cccs1. The second-order valence-corrected chi connectivity index (χ2v) is 8.86. The van der Waals surface area contributed by atoms with Gasteiger partial charge in [0.15, 0.2) is 5.76 Å². The lowest BCUT2D eigenvalue weighted by atomic mass is 10.2. The molecule has 0 bridgehead atoms. The van der Waals surface area contributed by atoms with Crippen LogP contribution in [0.3, 0.4) is 0 Å². The Labute approximate surface area is 191 Å². The van der Waals surface area contributed by atoms with Crippen LogP contribution in [-0.2, 0) is 13.1 Å². The molecular formula is C22H30N8OS. The Morgan fingerprint density at radius 1 is 1.12 bits per heavy atom. The van der Waals surface area contributed by atoms with Crippen molar-refractivity contribution >= 4 is 11.3 Å². The third kappa shape index (κ3) is 5.00. The highest BCUT2D eigenvalue weighted by molar-refractivity contribution is 7.13. The minimum absolute atomic E-state index is 0.614. The van der Waals surface area contributed by atoms with Gasteiger partial charge in [-0.05, 0) is 25.5 Å². The van der Waals surface area contributed by atoms with Crippen LogP contribution in [0.25, 0.3) is 27.7 Å². The standard InChI is InChI=1S/C22H30N8OS/c1-28(7-5-23)12-16-11-25-26-21(16)19-10-18(15-31-19)30-14-17(13-29(2)8-6-24)22(27-30)20-4-3-9-32-20/h3-4,9-11,14-15H,5-8,12-13,23-24H2,1-2H3,(H,25,26). The van der Waals surface area contributed by atoms with Crippen molar-refractivity contribution in [2.45, 2.75) is 13.1 Å². The van der Waals surface area contributed by atoms with E-state index in [0.717, 1.165) is 65.0 Å². The first kappa shape index (κ1) is 22.4. The highest BCUT2D eigenvalue weighted by Crippen LogP contribution is 2.30. The Morgan fingerprint density at radius 2 is 1.88 bits per heavy atom. The van der Waals surface area contributed by atoms with Gasteiger partial charge in [-0.15, -0.1) is 11.3 Å². The Bertz CT molecular complexity index is 1110. The largest absolute Gasteiger partial charge is 0.460 e. The summed E-state index contributed by atoms with van der Waals surface area (Å²) >= 11 is 1.68. The van der Waals surface area contributed by atoms with Crippen LogP contribution >= 0.6 is 11.3 Å². The fraction of sp³-hybridized carbons (Fsp3) is 0.364. The summed E-state index contributed by atoms with van der Waals surface area (Å²) in [6.45, 7) is 4.38. The summed E-state index contributed by atoms with van der Waals surface area (Å²) in [6, 6.07) is 6.13. The molecule has 9 nitrogen and oxygen atoms in total. The molecule has 0 saturated carbocycles. The Kier molecular flexibility index (Phi) is 7.18. The maximum Gasteiger partial charge on any atom is 0.154 e. The zero-order valence-electron chi connectivity index (χ0n) is 18.5. The summed E-state index contributed by atoms with van der Waals surface area (Å²) in [5.74, 6) is 0.726. The molecule has 10 heteroatoms. The third-order valence-electron chi connectivity index (χ3n) is 5.26. The number of nitrogens with zero attached hydrogens (tertiary/aromatic N) is 5. The number of aromatic nitrogens is 4. The van der Waals surface area contributed by atoms with Crippen molar-refractivity contribution in [1.82, 2.24) is 29.8 Å².